The minimum Gasteiger partial charge on any atom is -0.484 e. The first-order valence-corrected chi connectivity index (χ1v) is 10.6. The summed E-state index contributed by atoms with van der Waals surface area (Å²) in [6, 6.07) is 12.2. The molecule has 0 aromatic heterocycles. The molecule has 0 spiro atoms. The Morgan fingerprint density at radius 1 is 1.00 bits per heavy atom. The number of ether oxygens (including phenoxy) is 1. The molecule has 0 unspecified atom stereocenters. The molecule has 2 aromatic rings. The van der Waals surface area contributed by atoms with Crippen LogP contribution in [-0.2, 0) is 9.59 Å². The average Bonchev–Trinajstić information content (AvgIpc) is 2.73. The molecule has 0 aliphatic carbocycles. The van der Waals surface area contributed by atoms with Gasteiger partial charge in [-0.25, -0.2) is 0 Å². The van der Waals surface area contributed by atoms with E-state index in [9.17, 15) is 9.59 Å². The van der Waals surface area contributed by atoms with Gasteiger partial charge in [0.1, 0.15) is 5.75 Å². The van der Waals surface area contributed by atoms with Crippen molar-refractivity contribution >= 4 is 46.4 Å². The number of carbonyl (C=O) groups is 2. The number of nitrogens with one attached hydrogen (secondary N) is 1. The van der Waals surface area contributed by atoms with Crippen LogP contribution in [0.5, 0.6) is 5.75 Å². The highest BCUT2D eigenvalue weighted by Crippen LogP contribution is 2.30. The molecule has 1 fully saturated rings. The molecule has 30 heavy (non-hydrogen) atoms. The SMILES string of the molecule is CC(C)C(=O)N1CCN(c2ccc(Cl)cc2NC(=O)COc2ccc(Cl)cc2)CC1. The van der Waals surface area contributed by atoms with Crippen LogP contribution in [0.3, 0.4) is 0 Å². The lowest BCUT2D eigenvalue weighted by atomic mass is 10.1. The highest BCUT2D eigenvalue weighted by molar-refractivity contribution is 6.31. The minimum absolute atomic E-state index is 0.0115. The molecule has 0 saturated carbocycles. The van der Waals surface area contributed by atoms with Gasteiger partial charge in [0, 0.05) is 42.1 Å². The molecule has 1 aliphatic rings. The van der Waals surface area contributed by atoms with Crippen LogP contribution < -0.4 is 15.0 Å². The predicted molar refractivity (Wildman–Crippen MR) is 121 cm³/mol. The fourth-order valence-corrected chi connectivity index (χ4v) is 3.58. The number of carbonyl (C=O) groups excluding carboxylic acids is 2. The number of hydrogen-bond donors (Lipinski definition) is 1. The Labute approximate surface area is 186 Å². The van der Waals surface area contributed by atoms with E-state index in [-0.39, 0.29) is 24.3 Å². The lowest BCUT2D eigenvalue weighted by Gasteiger charge is -2.37. The second kappa shape index (κ2) is 10.0. The molecule has 0 radical (unpaired) electrons. The third kappa shape index (κ3) is 5.80. The van der Waals surface area contributed by atoms with Crippen LogP contribution in [0.1, 0.15) is 13.8 Å². The van der Waals surface area contributed by atoms with Crippen molar-refractivity contribution in [3.63, 3.8) is 0 Å². The summed E-state index contributed by atoms with van der Waals surface area (Å²) in [4.78, 5) is 28.7. The number of piperazine rings is 1. The Morgan fingerprint density at radius 2 is 1.63 bits per heavy atom. The molecule has 0 bridgehead atoms. The molecule has 160 valence electrons. The van der Waals surface area contributed by atoms with E-state index in [0.29, 0.717) is 47.7 Å². The molecular formula is C22H25Cl2N3O3. The summed E-state index contributed by atoms with van der Waals surface area (Å²) in [6.07, 6.45) is 0. The van der Waals surface area contributed by atoms with Crippen molar-refractivity contribution in [2.75, 3.05) is 43.0 Å². The molecule has 1 aliphatic heterocycles. The van der Waals surface area contributed by atoms with Crippen molar-refractivity contribution in [1.29, 1.82) is 0 Å². The van der Waals surface area contributed by atoms with E-state index < -0.39 is 0 Å². The first-order valence-electron chi connectivity index (χ1n) is 9.85. The summed E-state index contributed by atoms with van der Waals surface area (Å²) in [5, 5.41) is 4.02. The van der Waals surface area contributed by atoms with Crippen LogP contribution in [0.2, 0.25) is 10.0 Å². The summed E-state index contributed by atoms with van der Waals surface area (Å²) in [7, 11) is 0. The van der Waals surface area contributed by atoms with Gasteiger partial charge in [0.25, 0.3) is 5.91 Å². The van der Waals surface area contributed by atoms with E-state index in [1.807, 2.05) is 24.8 Å². The Balaban J connectivity index is 1.63. The monoisotopic (exact) mass is 449 g/mol. The van der Waals surface area contributed by atoms with Crippen LogP contribution in [0.25, 0.3) is 0 Å². The largest absolute Gasteiger partial charge is 0.484 e. The third-order valence-corrected chi connectivity index (χ3v) is 5.33. The molecule has 3 rings (SSSR count). The molecular weight excluding hydrogens is 425 g/mol. The Bertz CT molecular complexity index is 895. The lowest BCUT2D eigenvalue weighted by molar-refractivity contribution is -0.134. The fraction of sp³-hybridized carbons (Fsp3) is 0.364. The van der Waals surface area contributed by atoms with Crippen LogP contribution >= 0.6 is 23.2 Å². The van der Waals surface area contributed by atoms with Crippen LogP contribution in [0.4, 0.5) is 11.4 Å². The number of amides is 2. The summed E-state index contributed by atoms with van der Waals surface area (Å²) < 4.78 is 5.51. The fourth-order valence-electron chi connectivity index (χ4n) is 3.28. The zero-order chi connectivity index (χ0) is 21.7. The number of halogens is 2. The Morgan fingerprint density at radius 3 is 2.27 bits per heavy atom. The van der Waals surface area contributed by atoms with Gasteiger partial charge < -0.3 is 19.9 Å². The van der Waals surface area contributed by atoms with Gasteiger partial charge in [0.05, 0.1) is 11.4 Å². The van der Waals surface area contributed by atoms with Crippen LogP contribution in [-0.4, -0.2) is 49.5 Å². The summed E-state index contributed by atoms with van der Waals surface area (Å²) in [5.41, 5.74) is 1.49. The first-order chi connectivity index (χ1) is 14.3. The minimum atomic E-state index is -0.290. The van der Waals surface area contributed by atoms with Gasteiger partial charge in [-0.3, -0.25) is 9.59 Å². The van der Waals surface area contributed by atoms with E-state index in [1.54, 1.807) is 36.4 Å². The third-order valence-electron chi connectivity index (χ3n) is 4.84. The predicted octanol–water partition coefficient (Wildman–Crippen LogP) is 4.32. The number of anilines is 2. The second-order valence-corrected chi connectivity index (χ2v) is 8.29. The molecule has 6 nitrogen and oxygen atoms in total. The average molecular weight is 450 g/mol. The second-order valence-electron chi connectivity index (χ2n) is 7.42. The maximum Gasteiger partial charge on any atom is 0.262 e. The molecule has 2 aromatic carbocycles. The molecule has 1 heterocycles. The first kappa shape index (κ1) is 22.2. The van der Waals surface area contributed by atoms with Gasteiger partial charge in [0.15, 0.2) is 6.61 Å². The quantitative estimate of drug-likeness (QED) is 0.713. The highest BCUT2D eigenvalue weighted by atomic mass is 35.5. The van der Waals surface area contributed by atoms with Gasteiger partial charge in [-0.2, -0.15) is 0 Å². The maximum absolute atomic E-state index is 12.4. The van der Waals surface area contributed by atoms with E-state index in [1.165, 1.54) is 0 Å². The van der Waals surface area contributed by atoms with Crippen molar-refractivity contribution in [3.05, 3.63) is 52.5 Å². The number of benzene rings is 2. The molecule has 8 heteroatoms. The van der Waals surface area contributed by atoms with Crippen molar-refractivity contribution in [2.45, 2.75) is 13.8 Å². The summed E-state index contributed by atoms with van der Waals surface area (Å²) in [5.74, 6) is 0.426. The van der Waals surface area contributed by atoms with E-state index in [2.05, 4.69) is 10.2 Å². The van der Waals surface area contributed by atoms with Gasteiger partial charge >= 0.3 is 0 Å². The van der Waals surface area contributed by atoms with Gasteiger partial charge in [0.2, 0.25) is 5.91 Å². The molecule has 2 amide bonds. The smallest absolute Gasteiger partial charge is 0.262 e. The maximum atomic E-state index is 12.4. The Kier molecular flexibility index (Phi) is 7.45. The van der Waals surface area contributed by atoms with E-state index >= 15 is 0 Å². The topological polar surface area (TPSA) is 61.9 Å². The van der Waals surface area contributed by atoms with E-state index in [4.69, 9.17) is 27.9 Å². The molecule has 1 saturated heterocycles. The van der Waals surface area contributed by atoms with Crippen molar-refractivity contribution < 1.29 is 14.3 Å². The highest BCUT2D eigenvalue weighted by Gasteiger charge is 2.24. The standard InChI is InChI=1S/C22H25Cl2N3O3/c1-15(2)22(29)27-11-9-26(10-12-27)20-8-5-17(24)13-19(20)25-21(28)14-30-18-6-3-16(23)4-7-18/h3-8,13,15H,9-12,14H2,1-2H3,(H,25,28). The number of hydrogen-bond acceptors (Lipinski definition) is 4. The molecule has 0 atom stereocenters. The van der Waals surface area contributed by atoms with Crippen molar-refractivity contribution in [3.8, 4) is 5.75 Å². The number of rotatable bonds is 6. The van der Waals surface area contributed by atoms with Crippen LogP contribution in [0.15, 0.2) is 42.5 Å². The normalized spacial score (nSPS) is 14.0. The van der Waals surface area contributed by atoms with Crippen molar-refractivity contribution in [1.82, 2.24) is 4.90 Å². The van der Waals surface area contributed by atoms with Gasteiger partial charge in [-0.05, 0) is 42.5 Å². The number of nitrogens with zero attached hydrogens (tertiary/aromatic N) is 2. The Hall–Kier alpha value is -2.44. The molecule has 1 N–H and O–H groups in total. The van der Waals surface area contributed by atoms with Crippen LogP contribution in [0, 0.1) is 5.92 Å². The summed E-state index contributed by atoms with van der Waals surface area (Å²) in [6.45, 7) is 6.35. The lowest BCUT2D eigenvalue weighted by Crippen LogP contribution is -2.50. The van der Waals surface area contributed by atoms with Crippen molar-refractivity contribution in [2.24, 2.45) is 5.92 Å². The van der Waals surface area contributed by atoms with Gasteiger partial charge in [-0.15, -0.1) is 0 Å². The summed E-state index contributed by atoms with van der Waals surface area (Å²) >= 11 is 12.0. The zero-order valence-electron chi connectivity index (χ0n) is 17.0. The van der Waals surface area contributed by atoms with E-state index in [0.717, 1.165) is 5.69 Å². The van der Waals surface area contributed by atoms with Gasteiger partial charge in [-0.1, -0.05) is 37.0 Å². The zero-order valence-corrected chi connectivity index (χ0v) is 18.5.